The monoisotopic (exact) mass is 590 g/mol. The smallest absolute Gasteiger partial charge is 0.328 e. The van der Waals surface area contributed by atoms with Crippen LogP contribution in [0.2, 0.25) is 10.1 Å². The van der Waals surface area contributed by atoms with Gasteiger partial charge in [0.15, 0.2) is 0 Å². The highest BCUT2D eigenvalue weighted by Gasteiger charge is 2.34. The number of aliphatic carboxylic acids is 1. The van der Waals surface area contributed by atoms with E-state index >= 15 is 0 Å². The lowest BCUT2D eigenvalue weighted by molar-refractivity contribution is -0.131. The van der Waals surface area contributed by atoms with Crippen LogP contribution in [0.25, 0.3) is 5.57 Å². The van der Waals surface area contributed by atoms with Crippen LogP contribution in [0, 0.1) is 0 Å². The van der Waals surface area contributed by atoms with E-state index in [-0.39, 0.29) is 10.1 Å². The number of hydrogen-bond acceptors (Lipinski definition) is 3. The van der Waals surface area contributed by atoms with Crippen molar-refractivity contribution in [2.24, 2.45) is 0 Å². The van der Waals surface area contributed by atoms with Gasteiger partial charge in [-0.05, 0) is 90.4 Å². The Morgan fingerprint density at radius 3 is 1.83 bits per heavy atom. The zero-order valence-corrected chi connectivity index (χ0v) is 29.1. The lowest BCUT2D eigenvalue weighted by Gasteiger charge is -2.37. The number of carboxylic acid groups (broad SMARTS) is 1. The van der Waals surface area contributed by atoms with Gasteiger partial charge in [-0.3, -0.25) is 0 Å². The normalized spacial score (nSPS) is 13.7. The van der Waals surface area contributed by atoms with E-state index < -0.39 is 17.2 Å². The fraction of sp³-hybridized carbons (Fsp3) is 0.514. The zero-order chi connectivity index (χ0) is 31.1. The van der Waals surface area contributed by atoms with Crippen LogP contribution in [0.3, 0.4) is 0 Å². The van der Waals surface area contributed by atoms with Gasteiger partial charge in [-0.15, -0.1) is 0 Å². The fourth-order valence-electron chi connectivity index (χ4n) is 4.32. The Kier molecular flexibility index (Phi) is 12.2. The third-order valence-corrected chi connectivity index (χ3v) is 8.97. The standard InChI is InChI=1S/C35H50O4Si2/c1-12-27(16-14-18-31(36)37)28-17-13-15-25(23-28)19-20-26-21-22-29(34(8,9)38-40-32(2,3)4)30(24-26)35(10,11)39-41-33(5,6)7/h13-18,21-24H,12,19-20H2,1-11H3,(H,36,37). The van der Waals surface area contributed by atoms with Gasteiger partial charge in [0.1, 0.15) is 0 Å². The van der Waals surface area contributed by atoms with E-state index in [0.717, 1.165) is 30.4 Å². The maximum Gasteiger partial charge on any atom is 0.328 e. The fourth-order valence-corrected chi connectivity index (χ4v) is 5.66. The molecule has 1 N–H and O–H groups in total. The van der Waals surface area contributed by atoms with Gasteiger partial charge in [0.25, 0.3) is 0 Å². The average molecular weight is 591 g/mol. The van der Waals surface area contributed by atoms with Gasteiger partial charge in [-0.2, -0.15) is 0 Å². The van der Waals surface area contributed by atoms with Crippen LogP contribution in [0.4, 0.5) is 0 Å². The topological polar surface area (TPSA) is 55.8 Å². The van der Waals surface area contributed by atoms with Gasteiger partial charge in [-0.1, -0.05) is 103 Å². The van der Waals surface area contributed by atoms with E-state index in [4.69, 9.17) is 14.0 Å². The number of benzene rings is 2. The molecule has 0 saturated carbocycles. The Balaban J connectivity index is 2.39. The molecule has 222 valence electrons. The molecular weight excluding hydrogens is 541 g/mol. The predicted molar refractivity (Wildman–Crippen MR) is 174 cm³/mol. The lowest BCUT2D eigenvalue weighted by Crippen LogP contribution is -2.34. The van der Waals surface area contributed by atoms with Crippen molar-refractivity contribution in [1.29, 1.82) is 0 Å². The van der Waals surface area contributed by atoms with Gasteiger partial charge in [0.05, 0.1) is 11.2 Å². The van der Waals surface area contributed by atoms with Crippen molar-refractivity contribution in [2.45, 2.75) is 117 Å². The summed E-state index contributed by atoms with van der Waals surface area (Å²) < 4.78 is 13.2. The average Bonchev–Trinajstić information content (AvgIpc) is 2.87. The van der Waals surface area contributed by atoms with Crippen LogP contribution >= 0.6 is 0 Å². The molecule has 6 heteroatoms. The van der Waals surface area contributed by atoms with Crippen molar-refractivity contribution < 1.29 is 18.8 Å². The Morgan fingerprint density at radius 2 is 1.32 bits per heavy atom. The molecule has 2 aromatic rings. The van der Waals surface area contributed by atoms with Gasteiger partial charge in [-0.25, -0.2) is 4.79 Å². The summed E-state index contributed by atoms with van der Waals surface area (Å²) in [6.45, 7) is 24.1. The Morgan fingerprint density at radius 1 is 0.780 bits per heavy atom. The van der Waals surface area contributed by atoms with Crippen molar-refractivity contribution in [3.63, 3.8) is 0 Å². The predicted octanol–water partition coefficient (Wildman–Crippen LogP) is 9.08. The van der Waals surface area contributed by atoms with E-state index in [1.54, 1.807) is 6.08 Å². The van der Waals surface area contributed by atoms with Crippen LogP contribution < -0.4 is 0 Å². The molecule has 0 amide bonds. The summed E-state index contributed by atoms with van der Waals surface area (Å²) >= 11 is 0. The number of carboxylic acids is 1. The summed E-state index contributed by atoms with van der Waals surface area (Å²) in [5.41, 5.74) is 6.23. The molecule has 0 aliphatic carbocycles. The molecule has 2 aromatic carbocycles. The molecule has 0 aromatic heterocycles. The molecule has 2 rings (SSSR count). The van der Waals surface area contributed by atoms with Crippen molar-refractivity contribution in [1.82, 2.24) is 0 Å². The summed E-state index contributed by atoms with van der Waals surface area (Å²) in [6, 6.07) is 15.4. The molecule has 4 radical (unpaired) electrons. The summed E-state index contributed by atoms with van der Waals surface area (Å²) in [5.74, 6) is -0.937. The van der Waals surface area contributed by atoms with E-state index in [9.17, 15) is 4.79 Å². The SMILES string of the molecule is CCC(=CC=CC(=O)O)c1cccc(CCc2ccc(C(C)(C)O[Si]C(C)(C)C)c(C(C)(C)O[Si]C(C)(C)C)c2)c1. The highest BCUT2D eigenvalue weighted by molar-refractivity contribution is 6.32. The molecule has 0 atom stereocenters. The van der Waals surface area contributed by atoms with Crippen LogP contribution in [-0.2, 0) is 37.7 Å². The molecule has 0 fully saturated rings. The minimum absolute atomic E-state index is 0.0922. The van der Waals surface area contributed by atoms with Crippen LogP contribution in [0.5, 0.6) is 0 Å². The van der Waals surface area contributed by atoms with Gasteiger partial charge < -0.3 is 14.0 Å². The van der Waals surface area contributed by atoms with Crippen LogP contribution in [0.1, 0.15) is 110 Å². The molecular formula is C35H50O4Si2. The minimum Gasteiger partial charge on any atom is -0.478 e. The third kappa shape index (κ3) is 11.9. The van der Waals surface area contributed by atoms with E-state index in [2.05, 4.69) is 119 Å². The van der Waals surface area contributed by atoms with Gasteiger partial charge in [0.2, 0.25) is 19.5 Å². The maximum absolute atomic E-state index is 10.9. The summed E-state index contributed by atoms with van der Waals surface area (Å²) in [6.07, 6.45) is 7.31. The maximum atomic E-state index is 10.9. The molecule has 4 nitrogen and oxygen atoms in total. The van der Waals surface area contributed by atoms with E-state index in [1.807, 2.05) is 6.08 Å². The number of rotatable bonds is 13. The van der Waals surface area contributed by atoms with Crippen molar-refractivity contribution in [3.8, 4) is 0 Å². The van der Waals surface area contributed by atoms with Crippen molar-refractivity contribution in [2.75, 3.05) is 0 Å². The van der Waals surface area contributed by atoms with E-state index in [0.29, 0.717) is 19.5 Å². The first kappa shape index (κ1) is 34.9. The highest BCUT2D eigenvalue weighted by Crippen LogP contribution is 2.39. The minimum atomic E-state index is -0.937. The number of allylic oxidation sites excluding steroid dienone is 3. The van der Waals surface area contributed by atoms with Gasteiger partial charge >= 0.3 is 5.97 Å². The second-order valence-corrected chi connectivity index (χ2v) is 17.6. The summed E-state index contributed by atoms with van der Waals surface area (Å²) in [4.78, 5) is 10.9. The second kappa shape index (κ2) is 14.3. The zero-order valence-electron chi connectivity index (χ0n) is 27.1. The lowest BCUT2D eigenvalue weighted by atomic mass is 9.84. The Hall–Kier alpha value is -2.26. The molecule has 0 aliphatic heterocycles. The number of carbonyl (C=O) groups is 1. The molecule has 0 saturated heterocycles. The summed E-state index contributed by atoms with van der Waals surface area (Å²) in [7, 11) is 0.764. The molecule has 0 heterocycles. The number of hydrogen-bond donors (Lipinski definition) is 1. The first-order valence-corrected chi connectivity index (χ1v) is 16.4. The molecule has 41 heavy (non-hydrogen) atoms. The quantitative estimate of drug-likeness (QED) is 0.144. The number of aryl methyl sites for hydroxylation is 2. The molecule has 0 unspecified atom stereocenters. The van der Waals surface area contributed by atoms with Crippen molar-refractivity contribution in [3.05, 3.63) is 88.5 Å². The van der Waals surface area contributed by atoms with E-state index in [1.165, 1.54) is 28.3 Å². The first-order valence-electron chi connectivity index (χ1n) is 14.6. The molecule has 0 spiro atoms. The molecule has 0 bridgehead atoms. The second-order valence-electron chi connectivity index (χ2n) is 13.8. The first-order chi connectivity index (χ1) is 18.8. The molecule has 0 aliphatic rings. The van der Waals surface area contributed by atoms with Crippen LogP contribution in [-0.4, -0.2) is 30.6 Å². The third-order valence-electron chi connectivity index (χ3n) is 6.52. The van der Waals surface area contributed by atoms with Crippen LogP contribution in [0.15, 0.2) is 60.7 Å². The highest BCUT2D eigenvalue weighted by atomic mass is 28.2. The summed E-state index contributed by atoms with van der Waals surface area (Å²) in [5, 5.41) is 9.11. The Bertz CT molecular complexity index is 1230. The van der Waals surface area contributed by atoms with Gasteiger partial charge in [0, 0.05) is 6.08 Å². The largest absolute Gasteiger partial charge is 0.478 e. The Labute approximate surface area is 254 Å². The van der Waals surface area contributed by atoms with Crippen molar-refractivity contribution >= 4 is 31.1 Å².